The lowest BCUT2D eigenvalue weighted by atomic mass is 9.80. The summed E-state index contributed by atoms with van der Waals surface area (Å²) in [4.78, 5) is 143. The molecule has 0 bridgehead atoms. The molecule has 6 amide bonds. The van der Waals surface area contributed by atoms with Crippen molar-refractivity contribution >= 4 is 59.3 Å². The van der Waals surface area contributed by atoms with Gasteiger partial charge in [-0.25, -0.2) is 14.4 Å². The number of Topliss-reactive ketones (excluding diaryl/α,β-unsaturated/α-hetero) is 3. The second-order valence-electron chi connectivity index (χ2n) is 37.6. The van der Waals surface area contributed by atoms with Gasteiger partial charge in [-0.15, -0.1) is 0 Å². The Labute approximate surface area is 825 Å². The summed E-state index contributed by atoms with van der Waals surface area (Å²) in [6.45, 7) is 2.79. The van der Waals surface area contributed by atoms with E-state index >= 15 is 9.59 Å². The Morgan fingerprint density at radius 1 is 0.355 bits per heavy atom. The van der Waals surface area contributed by atoms with E-state index in [-0.39, 0.29) is 163 Å². The normalized spacial score (nSPS) is 14.9. The van der Waals surface area contributed by atoms with Crippen LogP contribution in [-0.4, -0.2) is 156 Å². The number of unbranched alkanes of at least 4 members (excludes halogenated alkanes) is 6. The molecule has 5 aliphatic rings. The fraction of sp³-hybridized carbons (Fsp3) is 0.356. The predicted octanol–water partition coefficient (Wildman–Crippen LogP) is 20.9. The standard InChI is InChI=1S/C118H126N6O17/c1-78(125)56-61-85(126)70-79-69-84(73-141-118(81-34-7-6-8-35-81,82-57-62-86(135-2)63-58-82)83-59-64-87(136-3)65-60-83)124(72-79)111(128)55-10-5-4-9-54-110(127)108(122-113(130)80(71-112(129)137-74-104-96-44-19-11-36-88(96)89-37-12-20-45-97(89)104)33-27-30-67-120-115(132)138-75-105-98-46-21-13-38-90(98)91-39-14-22-47-99(91)105)52-28-31-66-119-114(131)109(123-117(134)140-77-107-102-50-25-17-42-94(102)95-43-18-26-51-103(95)107)53-29-32-68-121-116(133)139-76-106-100-48-23-15-40-92(100)93-41-16-24-49-101(93)106/h6-8,11-26,34-51,57-60,62-65,79-80,84,104-109H,4-5,9-10,27-33,52-56,61,66-77H2,1-3H3,(H,119,131)(H,120,132)(H,121,133)(H,122,130)(H,123,134)/t79-,80?,84-,108?,109?/m0/s1. The monoisotopic (exact) mass is 1900 g/mol. The van der Waals surface area contributed by atoms with Crippen LogP contribution in [0.3, 0.4) is 0 Å². The minimum atomic E-state index is -1.19. The molecule has 0 radical (unpaired) electrons. The van der Waals surface area contributed by atoms with Gasteiger partial charge in [0.2, 0.25) is 17.7 Å². The molecule has 1 fully saturated rings. The first kappa shape index (κ1) is 99.7. The second kappa shape index (κ2) is 48.5. The Morgan fingerprint density at radius 2 is 0.730 bits per heavy atom. The van der Waals surface area contributed by atoms with Gasteiger partial charge in [0.25, 0.3) is 0 Å². The summed E-state index contributed by atoms with van der Waals surface area (Å²) in [5.74, 6) is -2.62. The van der Waals surface area contributed by atoms with E-state index in [0.29, 0.717) is 88.7 Å². The molecule has 5 N–H and O–H groups in total. The molecule has 1 aliphatic heterocycles. The third kappa shape index (κ3) is 24.6. The molecule has 23 nitrogen and oxygen atoms in total. The topological polar surface area (TPSA) is 299 Å². The lowest BCUT2D eigenvalue weighted by Crippen LogP contribution is -2.47. The number of hydrogen-bond acceptors (Lipinski definition) is 17. The van der Waals surface area contributed by atoms with E-state index in [1.165, 1.54) is 6.92 Å². The summed E-state index contributed by atoms with van der Waals surface area (Å²) >= 11 is 0. The fourth-order valence-corrected chi connectivity index (χ4v) is 21.2. The molecule has 5 atom stereocenters. The van der Waals surface area contributed by atoms with Crippen molar-refractivity contribution in [1.29, 1.82) is 0 Å². The maximum absolute atomic E-state index is 15.3. The molecule has 11 aromatic rings. The molecule has 23 heteroatoms. The SMILES string of the molecule is COc1ccc(C(OC[C@@H]2C[C@@H](CC(=O)CCC(C)=O)CN2C(=O)CCCCCCC(=O)C(CCCCNC(=O)C(CCCCNC(=O)OCC2c3ccccc3-c3ccccc32)NC(=O)OCC2c3ccccc3-c3ccccc32)NC(=O)C(CCCCNC(=O)OCC2c3ccccc3-c3ccccc32)CC(=O)OCC2c3ccccc3-c3ccccc32)(c2ccccc2)c2ccc(OC)cc2)cc1. The predicted molar refractivity (Wildman–Crippen MR) is 542 cm³/mol. The van der Waals surface area contributed by atoms with Crippen LogP contribution in [0.4, 0.5) is 14.4 Å². The maximum atomic E-state index is 15.3. The molecule has 0 aromatic heterocycles. The summed E-state index contributed by atoms with van der Waals surface area (Å²) in [5, 5.41) is 14.8. The highest BCUT2D eigenvalue weighted by atomic mass is 16.6. The molecular formula is C118H126N6O17. The van der Waals surface area contributed by atoms with Gasteiger partial charge in [-0.1, -0.05) is 268 Å². The molecule has 16 rings (SSSR count). The van der Waals surface area contributed by atoms with Gasteiger partial charge >= 0.3 is 24.2 Å². The number of methoxy groups -OCH3 is 2. The van der Waals surface area contributed by atoms with Crippen LogP contribution in [0.1, 0.15) is 220 Å². The quantitative estimate of drug-likeness (QED) is 0.0102. The number of ketones is 3. The van der Waals surface area contributed by atoms with Crippen LogP contribution in [0.5, 0.6) is 11.5 Å². The van der Waals surface area contributed by atoms with Crippen molar-refractivity contribution in [3.05, 3.63) is 334 Å². The lowest BCUT2D eigenvalue weighted by molar-refractivity contribution is -0.147. The number of fused-ring (bicyclic) bond motifs is 12. The van der Waals surface area contributed by atoms with Gasteiger partial charge in [-0.2, -0.15) is 0 Å². The van der Waals surface area contributed by atoms with Gasteiger partial charge in [0.15, 0.2) is 5.78 Å². The minimum absolute atomic E-state index is 0.0162. The van der Waals surface area contributed by atoms with Crippen molar-refractivity contribution in [2.75, 3.05) is 73.4 Å². The summed E-state index contributed by atoms with van der Waals surface area (Å²) < 4.78 is 42.5. The summed E-state index contributed by atoms with van der Waals surface area (Å²) in [6.07, 6.45) is 3.91. The number of benzene rings is 11. The van der Waals surface area contributed by atoms with Crippen molar-refractivity contribution in [3.63, 3.8) is 0 Å². The summed E-state index contributed by atoms with van der Waals surface area (Å²) in [5.41, 5.74) is 18.5. The van der Waals surface area contributed by atoms with E-state index in [1.807, 2.05) is 205 Å². The number of carbonyl (C=O) groups is 10. The van der Waals surface area contributed by atoms with Crippen molar-refractivity contribution in [1.82, 2.24) is 31.5 Å². The van der Waals surface area contributed by atoms with Crippen LogP contribution >= 0.6 is 0 Å². The van der Waals surface area contributed by atoms with Crippen LogP contribution in [0.15, 0.2) is 273 Å². The first-order chi connectivity index (χ1) is 68.9. The number of nitrogens with one attached hydrogen (secondary N) is 5. The Bertz CT molecular complexity index is 5990. The molecule has 1 saturated heterocycles. The second-order valence-corrected chi connectivity index (χ2v) is 37.6. The molecule has 1 heterocycles. The average molecular weight is 1900 g/mol. The van der Waals surface area contributed by atoms with Gasteiger partial charge in [-0.3, -0.25) is 28.8 Å². The molecule has 141 heavy (non-hydrogen) atoms. The number of alkyl carbamates (subject to hydrolysis) is 3. The molecule has 0 saturated carbocycles. The minimum Gasteiger partial charge on any atom is -0.497 e. The van der Waals surface area contributed by atoms with Crippen molar-refractivity contribution in [2.24, 2.45) is 11.8 Å². The molecule has 11 aromatic carbocycles. The third-order valence-corrected chi connectivity index (χ3v) is 28.5. The maximum Gasteiger partial charge on any atom is 0.407 e. The highest BCUT2D eigenvalue weighted by molar-refractivity contribution is 5.92. The van der Waals surface area contributed by atoms with Crippen LogP contribution in [-0.2, 0) is 62.8 Å². The highest BCUT2D eigenvalue weighted by Gasteiger charge is 2.44. The number of hydrogen-bond donors (Lipinski definition) is 5. The first-order valence-corrected chi connectivity index (χ1v) is 49.9. The number of likely N-dealkylation sites (tertiary alicyclic amines) is 1. The van der Waals surface area contributed by atoms with Crippen molar-refractivity contribution < 1.29 is 81.1 Å². The zero-order valence-corrected chi connectivity index (χ0v) is 80.6. The van der Waals surface area contributed by atoms with E-state index in [1.54, 1.807) is 14.2 Å². The average Bonchev–Trinajstić information content (AvgIpc) is 1.75. The van der Waals surface area contributed by atoms with Crippen molar-refractivity contribution in [3.8, 4) is 56.0 Å². The highest BCUT2D eigenvalue weighted by Crippen LogP contribution is 2.50. The summed E-state index contributed by atoms with van der Waals surface area (Å²) in [6, 6.07) is 87.5. The smallest absolute Gasteiger partial charge is 0.407 e. The van der Waals surface area contributed by atoms with Crippen LogP contribution < -0.4 is 36.1 Å². The molecular weight excluding hydrogens is 1770 g/mol. The number of amides is 6. The van der Waals surface area contributed by atoms with E-state index in [9.17, 15) is 38.4 Å². The van der Waals surface area contributed by atoms with Gasteiger partial charge in [0, 0.05) is 87.9 Å². The van der Waals surface area contributed by atoms with Gasteiger partial charge < -0.3 is 69.4 Å². The van der Waals surface area contributed by atoms with Crippen LogP contribution in [0.2, 0.25) is 0 Å². The van der Waals surface area contributed by atoms with E-state index < -0.39 is 65.7 Å². The Morgan fingerprint density at radius 3 is 1.16 bits per heavy atom. The zero-order valence-electron chi connectivity index (χ0n) is 80.6. The number of nitrogens with zero attached hydrogens (tertiary/aromatic N) is 1. The molecule has 730 valence electrons. The zero-order chi connectivity index (χ0) is 98.0. The van der Waals surface area contributed by atoms with Crippen molar-refractivity contribution in [2.45, 2.75) is 183 Å². The Balaban J connectivity index is 0.588. The number of carbonyl (C=O) groups excluding carboxylic acids is 10. The molecule has 3 unspecified atom stereocenters. The third-order valence-electron chi connectivity index (χ3n) is 28.5. The number of rotatable bonds is 50. The van der Waals surface area contributed by atoms with E-state index in [4.69, 9.17) is 33.2 Å². The lowest BCUT2D eigenvalue weighted by Gasteiger charge is -2.38. The van der Waals surface area contributed by atoms with Gasteiger partial charge in [-0.05, 0) is 213 Å². The summed E-state index contributed by atoms with van der Waals surface area (Å²) in [7, 11) is 3.23. The van der Waals surface area contributed by atoms with Crippen LogP contribution in [0, 0.1) is 11.8 Å². The largest absolute Gasteiger partial charge is 0.497 e. The number of esters is 1. The van der Waals surface area contributed by atoms with Gasteiger partial charge in [0.05, 0.1) is 39.3 Å². The fourth-order valence-electron chi connectivity index (χ4n) is 21.2. The Hall–Kier alpha value is -14.3. The van der Waals surface area contributed by atoms with Crippen LogP contribution in [0.25, 0.3) is 44.5 Å². The first-order valence-electron chi connectivity index (χ1n) is 49.9. The van der Waals surface area contributed by atoms with E-state index in [0.717, 1.165) is 106 Å². The molecule has 4 aliphatic carbocycles. The number of ether oxygens (including phenoxy) is 7. The van der Waals surface area contributed by atoms with E-state index in [2.05, 4.69) is 99.4 Å². The van der Waals surface area contributed by atoms with Gasteiger partial charge in [0.1, 0.15) is 61.1 Å². The Kier molecular flexibility index (Phi) is 34.3. The molecule has 0 spiro atoms.